The largest absolute Gasteiger partial charge is 0.336 e. The van der Waals surface area contributed by atoms with Gasteiger partial charge < -0.3 is 4.90 Å². The molecular formula is C26H29F2N4O. The first-order valence-electron chi connectivity index (χ1n) is 11.1. The second kappa shape index (κ2) is 9.06. The second-order valence-corrected chi connectivity index (χ2v) is 9.56. The molecule has 5 nitrogen and oxygen atoms in total. The zero-order valence-corrected chi connectivity index (χ0v) is 19.5. The molecule has 33 heavy (non-hydrogen) atoms. The molecule has 1 aliphatic rings. The van der Waals surface area contributed by atoms with Gasteiger partial charge in [-0.3, -0.25) is 14.4 Å². The molecule has 1 aliphatic heterocycles. The molecule has 1 aromatic heterocycles. The first-order chi connectivity index (χ1) is 15.6. The van der Waals surface area contributed by atoms with Crippen LogP contribution in [0.25, 0.3) is 11.3 Å². The Morgan fingerprint density at radius 2 is 1.73 bits per heavy atom. The second-order valence-electron chi connectivity index (χ2n) is 9.56. The van der Waals surface area contributed by atoms with Gasteiger partial charge in [-0.05, 0) is 35.9 Å². The minimum atomic E-state index is -0.819. The van der Waals surface area contributed by atoms with E-state index < -0.39 is 23.1 Å². The zero-order chi connectivity index (χ0) is 23.8. The Labute approximate surface area is 193 Å². The normalized spacial score (nSPS) is 15.2. The van der Waals surface area contributed by atoms with Gasteiger partial charge in [-0.1, -0.05) is 39.0 Å². The summed E-state index contributed by atoms with van der Waals surface area (Å²) in [6.45, 7) is 9.26. The molecule has 0 spiro atoms. The van der Waals surface area contributed by atoms with E-state index in [-0.39, 0.29) is 5.41 Å². The molecule has 2 heterocycles. The van der Waals surface area contributed by atoms with Crippen LogP contribution in [0.15, 0.2) is 42.5 Å². The number of hydrogen-bond donors (Lipinski definition) is 0. The highest BCUT2D eigenvalue weighted by Gasteiger charge is 2.26. The molecule has 4 rings (SSSR count). The van der Waals surface area contributed by atoms with Crippen molar-refractivity contribution in [1.29, 1.82) is 0 Å². The van der Waals surface area contributed by atoms with Gasteiger partial charge in [0.2, 0.25) is 0 Å². The van der Waals surface area contributed by atoms with Crippen LogP contribution >= 0.6 is 0 Å². The van der Waals surface area contributed by atoms with Crippen molar-refractivity contribution in [2.24, 2.45) is 7.05 Å². The Hall–Kier alpha value is -3.06. The highest BCUT2D eigenvalue weighted by atomic mass is 19.1. The fraction of sp³-hybridized carbons (Fsp3) is 0.385. The van der Waals surface area contributed by atoms with Gasteiger partial charge >= 0.3 is 0 Å². The van der Waals surface area contributed by atoms with Crippen LogP contribution in [-0.4, -0.2) is 51.7 Å². The van der Waals surface area contributed by atoms with E-state index in [9.17, 15) is 13.6 Å². The number of rotatable bonds is 4. The molecule has 2 aromatic carbocycles. The van der Waals surface area contributed by atoms with Gasteiger partial charge in [-0.15, -0.1) is 0 Å². The summed E-state index contributed by atoms with van der Waals surface area (Å²) in [5, 5.41) is 4.64. The van der Waals surface area contributed by atoms with Crippen LogP contribution in [0, 0.1) is 17.7 Å². The van der Waals surface area contributed by atoms with Crippen molar-refractivity contribution < 1.29 is 13.6 Å². The third-order valence-corrected chi connectivity index (χ3v) is 6.05. The number of benzene rings is 2. The van der Waals surface area contributed by atoms with Crippen LogP contribution in [-0.2, 0) is 19.0 Å². The first kappa shape index (κ1) is 23.1. The number of aryl methyl sites for hydroxylation is 1. The Morgan fingerprint density at radius 3 is 2.27 bits per heavy atom. The molecule has 7 heteroatoms. The van der Waals surface area contributed by atoms with Crippen LogP contribution in [0.4, 0.5) is 8.78 Å². The zero-order valence-electron chi connectivity index (χ0n) is 19.5. The van der Waals surface area contributed by atoms with Crippen molar-refractivity contribution in [1.82, 2.24) is 19.6 Å². The van der Waals surface area contributed by atoms with Crippen LogP contribution in [0.1, 0.15) is 42.4 Å². The molecule has 3 aromatic rings. The minimum Gasteiger partial charge on any atom is -0.336 e. The van der Waals surface area contributed by atoms with Gasteiger partial charge in [0.15, 0.2) is 0 Å². The van der Waals surface area contributed by atoms with Gasteiger partial charge in [-0.25, -0.2) is 8.78 Å². The summed E-state index contributed by atoms with van der Waals surface area (Å²) in [5.74, 6) is -2.23. The summed E-state index contributed by atoms with van der Waals surface area (Å²) in [7, 11) is 1.95. The SMILES string of the molecule is Cn1nc(C(C)(C)C)cc1-c1c[c]c(CN2CCN(C(=O)c3c(F)cccc3F)CC2)cc1. The average Bonchev–Trinajstić information content (AvgIpc) is 3.17. The lowest BCUT2D eigenvalue weighted by Gasteiger charge is -2.34. The molecule has 1 fully saturated rings. The smallest absolute Gasteiger partial charge is 0.259 e. The Bertz CT molecular complexity index is 1120. The van der Waals surface area contributed by atoms with E-state index in [0.717, 1.165) is 34.6 Å². The molecule has 173 valence electrons. The van der Waals surface area contributed by atoms with E-state index in [1.54, 1.807) is 0 Å². The molecule has 0 bridgehead atoms. The van der Waals surface area contributed by atoms with Crippen molar-refractivity contribution >= 4 is 5.91 Å². The van der Waals surface area contributed by atoms with Crippen LogP contribution in [0.2, 0.25) is 0 Å². The van der Waals surface area contributed by atoms with Crippen LogP contribution < -0.4 is 0 Å². The lowest BCUT2D eigenvalue weighted by Crippen LogP contribution is -2.48. The predicted molar refractivity (Wildman–Crippen MR) is 124 cm³/mol. The number of carbonyl (C=O) groups excluding carboxylic acids is 1. The monoisotopic (exact) mass is 451 g/mol. The van der Waals surface area contributed by atoms with E-state index >= 15 is 0 Å². The molecule has 1 saturated heterocycles. The summed E-state index contributed by atoms with van der Waals surface area (Å²) < 4.78 is 29.8. The summed E-state index contributed by atoms with van der Waals surface area (Å²) in [6, 6.07) is 15.1. The maximum Gasteiger partial charge on any atom is 0.259 e. The lowest BCUT2D eigenvalue weighted by atomic mass is 9.92. The Kier molecular flexibility index (Phi) is 6.34. The number of piperazine rings is 1. The lowest BCUT2D eigenvalue weighted by molar-refractivity contribution is 0.0619. The highest BCUT2D eigenvalue weighted by molar-refractivity contribution is 5.94. The topological polar surface area (TPSA) is 41.4 Å². The van der Waals surface area contributed by atoms with Gasteiger partial charge in [0.1, 0.15) is 17.2 Å². The van der Waals surface area contributed by atoms with Gasteiger partial charge in [0.05, 0.1) is 11.4 Å². The van der Waals surface area contributed by atoms with Gasteiger partial charge in [0, 0.05) is 50.7 Å². The third kappa shape index (κ3) is 4.98. The summed E-state index contributed by atoms with van der Waals surface area (Å²) in [4.78, 5) is 16.3. The van der Waals surface area contributed by atoms with Crippen LogP contribution in [0.3, 0.4) is 0 Å². The fourth-order valence-electron chi connectivity index (χ4n) is 4.03. The quantitative estimate of drug-likeness (QED) is 0.590. The molecule has 1 radical (unpaired) electrons. The minimum absolute atomic E-state index is 0.0127. The number of aromatic nitrogens is 2. The van der Waals surface area contributed by atoms with E-state index in [0.29, 0.717) is 32.7 Å². The molecule has 0 saturated carbocycles. The molecule has 0 unspecified atom stereocenters. The Morgan fingerprint density at radius 1 is 1.06 bits per heavy atom. The van der Waals surface area contributed by atoms with E-state index in [2.05, 4.69) is 55.0 Å². The number of amides is 1. The molecule has 1 amide bonds. The average molecular weight is 452 g/mol. The maximum absolute atomic E-state index is 14.0. The van der Waals surface area contributed by atoms with E-state index in [1.807, 2.05) is 17.8 Å². The Balaban J connectivity index is 1.37. The number of carbonyl (C=O) groups is 1. The van der Waals surface area contributed by atoms with Gasteiger partial charge in [-0.2, -0.15) is 5.10 Å². The summed E-state index contributed by atoms with van der Waals surface area (Å²) >= 11 is 0. The van der Waals surface area contributed by atoms with Crippen molar-refractivity contribution in [3.8, 4) is 11.3 Å². The molecule has 0 aliphatic carbocycles. The fourth-order valence-corrected chi connectivity index (χ4v) is 4.03. The highest BCUT2D eigenvalue weighted by Crippen LogP contribution is 2.27. The van der Waals surface area contributed by atoms with Gasteiger partial charge in [0.25, 0.3) is 5.91 Å². The number of nitrogens with zero attached hydrogens (tertiary/aromatic N) is 4. The third-order valence-electron chi connectivity index (χ3n) is 6.05. The summed E-state index contributed by atoms with van der Waals surface area (Å²) in [5.41, 5.74) is 3.73. The van der Waals surface area contributed by atoms with E-state index in [4.69, 9.17) is 0 Å². The predicted octanol–water partition coefficient (Wildman–Crippen LogP) is 4.42. The van der Waals surface area contributed by atoms with Crippen LogP contribution in [0.5, 0.6) is 0 Å². The van der Waals surface area contributed by atoms with Crippen molar-refractivity contribution in [2.45, 2.75) is 32.7 Å². The van der Waals surface area contributed by atoms with E-state index in [1.165, 1.54) is 11.0 Å². The van der Waals surface area contributed by atoms with Crippen molar-refractivity contribution in [2.75, 3.05) is 26.2 Å². The number of halogens is 2. The van der Waals surface area contributed by atoms with Crippen molar-refractivity contribution in [3.63, 3.8) is 0 Å². The maximum atomic E-state index is 14.0. The van der Waals surface area contributed by atoms with Crippen molar-refractivity contribution in [3.05, 3.63) is 77.0 Å². The molecular weight excluding hydrogens is 422 g/mol. The standard InChI is InChI=1S/C26H29F2N4O/c1-26(2,3)23-16-22(30(4)29-23)19-10-8-18(9-11-19)17-31-12-14-32(15-13-31)25(33)24-20(27)6-5-7-21(24)28/h5-8,10-11,16H,12-15,17H2,1-4H3. The molecule has 0 atom stereocenters. The molecule has 0 N–H and O–H groups in total. The number of hydrogen-bond acceptors (Lipinski definition) is 3. The summed E-state index contributed by atoms with van der Waals surface area (Å²) in [6.07, 6.45) is 0. The first-order valence-corrected chi connectivity index (χ1v) is 11.1.